The molecule has 22 heavy (non-hydrogen) atoms. The summed E-state index contributed by atoms with van der Waals surface area (Å²) < 4.78 is 38.5. The van der Waals surface area contributed by atoms with Crippen LogP contribution in [0.3, 0.4) is 0 Å². The maximum Gasteiger partial charge on any atom is 0.416 e. The van der Waals surface area contributed by atoms with Gasteiger partial charge in [0.1, 0.15) is 0 Å². The Morgan fingerprint density at radius 2 is 2.05 bits per heavy atom. The SMILES string of the molecule is CC(O)CCN(C)C(=O)C1(c2cccc(C(F)(F)F)c2)CC1. The number of carbonyl (C=O) groups excluding carboxylic acids is 1. The quantitative estimate of drug-likeness (QED) is 0.907. The lowest BCUT2D eigenvalue weighted by Crippen LogP contribution is -2.38. The highest BCUT2D eigenvalue weighted by atomic mass is 19.4. The number of amides is 1. The van der Waals surface area contributed by atoms with Gasteiger partial charge in [-0.15, -0.1) is 0 Å². The molecule has 1 fully saturated rings. The number of aliphatic hydroxyl groups is 1. The van der Waals surface area contributed by atoms with Crippen molar-refractivity contribution in [3.8, 4) is 0 Å². The maximum absolute atomic E-state index is 12.8. The first kappa shape index (κ1) is 16.8. The fourth-order valence-electron chi connectivity index (χ4n) is 2.59. The summed E-state index contributed by atoms with van der Waals surface area (Å²) in [5.74, 6) is -0.174. The van der Waals surface area contributed by atoms with E-state index in [4.69, 9.17) is 0 Å². The Bertz CT molecular complexity index is 551. The third-order valence-electron chi connectivity index (χ3n) is 4.13. The number of benzene rings is 1. The minimum absolute atomic E-state index is 0.174. The molecule has 1 aliphatic carbocycles. The molecule has 0 heterocycles. The van der Waals surface area contributed by atoms with Crippen LogP contribution in [0.4, 0.5) is 13.2 Å². The Morgan fingerprint density at radius 1 is 1.41 bits per heavy atom. The molecule has 3 nitrogen and oxygen atoms in total. The van der Waals surface area contributed by atoms with Crippen molar-refractivity contribution in [1.82, 2.24) is 4.90 Å². The number of nitrogens with zero attached hydrogens (tertiary/aromatic N) is 1. The Kier molecular flexibility index (Phi) is 4.52. The van der Waals surface area contributed by atoms with Gasteiger partial charge in [-0.05, 0) is 37.8 Å². The van der Waals surface area contributed by atoms with Gasteiger partial charge in [-0.25, -0.2) is 0 Å². The van der Waals surface area contributed by atoms with Crippen LogP contribution in [-0.4, -0.2) is 35.6 Å². The number of rotatable bonds is 5. The van der Waals surface area contributed by atoms with Crippen LogP contribution >= 0.6 is 0 Å². The Balaban J connectivity index is 2.19. The van der Waals surface area contributed by atoms with E-state index in [9.17, 15) is 23.1 Å². The van der Waals surface area contributed by atoms with E-state index in [1.807, 2.05) is 0 Å². The predicted octanol–water partition coefficient (Wildman–Crippen LogP) is 2.97. The smallest absolute Gasteiger partial charge is 0.393 e. The van der Waals surface area contributed by atoms with Crippen molar-refractivity contribution < 1.29 is 23.1 Å². The van der Waals surface area contributed by atoms with E-state index < -0.39 is 23.3 Å². The van der Waals surface area contributed by atoms with Crippen molar-refractivity contribution in [2.75, 3.05) is 13.6 Å². The average molecular weight is 315 g/mol. The van der Waals surface area contributed by atoms with E-state index in [1.165, 1.54) is 11.0 Å². The van der Waals surface area contributed by atoms with Crippen LogP contribution in [0.2, 0.25) is 0 Å². The molecule has 1 atom stereocenters. The minimum Gasteiger partial charge on any atom is -0.393 e. The van der Waals surface area contributed by atoms with Crippen LogP contribution < -0.4 is 0 Å². The molecule has 1 aromatic rings. The lowest BCUT2D eigenvalue weighted by atomic mass is 9.92. The van der Waals surface area contributed by atoms with Crippen LogP contribution in [0.5, 0.6) is 0 Å². The fourth-order valence-corrected chi connectivity index (χ4v) is 2.59. The number of likely N-dealkylation sites (N-methyl/N-ethyl adjacent to an activating group) is 1. The van der Waals surface area contributed by atoms with Gasteiger partial charge in [0.25, 0.3) is 0 Å². The maximum atomic E-state index is 12.8. The van der Waals surface area contributed by atoms with Gasteiger partial charge in [0.2, 0.25) is 5.91 Å². The van der Waals surface area contributed by atoms with Gasteiger partial charge in [0, 0.05) is 13.6 Å². The molecule has 0 radical (unpaired) electrons. The standard InChI is InChI=1S/C16H20F3NO2/c1-11(21)6-9-20(2)14(22)15(7-8-15)12-4-3-5-13(10-12)16(17,18)19/h3-5,10-11,21H,6-9H2,1-2H3. The van der Waals surface area contributed by atoms with Gasteiger partial charge in [0.15, 0.2) is 0 Å². The molecule has 0 spiro atoms. The third kappa shape index (κ3) is 3.43. The van der Waals surface area contributed by atoms with E-state index in [0.29, 0.717) is 31.4 Å². The highest BCUT2D eigenvalue weighted by Crippen LogP contribution is 2.50. The van der Waals surface area contributed by atoms with Crippen molar-refractivity contribution in [3.05, 3.63) is 35.4 Å². The molecule has 1 saturated carbocycles. The molecule has 0 bridgehead atoms. The first-order valence-corrected chi connectivity index (χ1v) is 7.28. The van der Waals surface area contributed by atoms with Gasteiger partial charge in [-0.3, -0.25) is 4.79 Å². The lowest BCUT2D eigenvalue weighted by Gasteiger charge is -2.25. The largest absolute Gasteiger partial charge is 0.416 e. The molecule has 2 rings (SSSR count). The fraction of sp³-hybridized carbons (Fsp3) is 0.562. The summed E-state index contributed by atoms with van der Waals surface area (Å²) in [4.78, 5) is 14.1. The Hall–Kier alpha value is -1.56. The molecule has 6 heteroatoms. The summed E-state index contributed by atoms with van der Waals surface area (Å²) in [5.41, 5.74) is -1.12. The van der Waals surface area contributed by atoms with E-state index >= 15 is 0 Å². The number of hydrogen-bond donors (Lipinski definition) is 1. The monoisotopic (exact) mass is 315 g/mol. The number of alkyl halides is 3. The molecule has 1 aromatic carbocycles. The Morgan fingerprint density at radius 3 is 2.55 bits per heavy atom. The second kappa shape index (κ2) is 5.91. The summed E-state index contributed by atoms with van der Waals surface area (Å²) in [6, 6.07) is 5.03. The molecule has 1 N–H and O–H groups in total. The molecule has 1 aliphatic rings. The zero-order chi connectivity index (χ0) is 16.5. The molecule has 0 saturated heterocycles. The summed E-state index contributed by atoms with van der Waals surface area (Å²) in [6.07, 6.45) is -3.36. The van der Waals surface area contributed by atoms with Crippen LogP contribution in [0, 0.1) is 0 Å². The topological polar surface area (TPSA) is 40.5 Å². The predicted molar refractivity (Wildman–Crippen MR) is 76.3 cm³/mol. The molecule has 122 valence electrons. The van der Waals surface area contributed by atoms with E-state index in [0.717, 1.165) is 12.1 Å². The van der Waals surface area contributed by atoms with Crippen molar-refractivity contribution in [1.29, 1.82) is 0 Å². The molecule has 0 aliphatic heterocycles. The van der Waals surface area contributed by atoms with Crippen molar-refractivity contribution in [3.63, 3.8) is 0 Å². The second-order valence-corrected chi connectivity index (χ2v) is 6.03. The van der Waals surface area contributed by atoms with Gasteiger partial charge >= 0.3 is 6.18 Å². The second-order valence-electron chi connectivity index (χ2n) is 6.03. The molecule has 1 unspecified atom stereocenters. The van der Waals surface area contributed by atoms with Crippen molar-refractivity contribution >= 4 is 5.91 Å². The zero-order valence-corrected chi connectivity index (χ0v) is 12.7. The van der Waals surface area contributed by atoms with Gasteiger partial charge in [-0.2, -0.15) is 13.2 Å². The van der Waals surface area contributed by atoms with Crippen LogP contribution in [-0.2, 0) is 16.4 Å². The third-order valence-corrected chi connectivity index (χ3v) is 4.13. The summed E-state index contributed by atoms with van der Waals surface area (Å²) in [6.45, 7) is 2.02. The minimum atomic E-state index is -4.41. The summed E-state index contributed by atoms with van der Waals surface area (Å²) >= 11 is 0. The molecular formula is C16H20F3NO2. The molecule has 0 aromatic heterocycles. The number of halogens is 3. The van der Waals surface area contributed by atoms with Crippen LogP contribution in [0.15, 0.2) is 24.3 Å². The van der Waals surface area contributed by atoms with Crippen LogP contribution in [0.25, 0.3) is 0 Å². The normalized spacial score (nSPS) is 17.9. The van der Waals surface area contributed by atoms with Crippen LogP contribution in [0.1, 0.15) is 37.3 Å². The van der Waals surface area contributed by atoms with Gasteiger partial charge < -0.3 is 10.0 Å². The van der Waals surface area contributed by atoms with Gasteiger partial charge in [0.05, 0.1) is 17.1 Å². The van der Waals surface area contributed by atoms with E-state index in [1.54, 1.807) is 20.0 Å². The van der Waals surface area contributed by atoms with Crippen molar-refractivity contribution in [2.45, 2.75) is 43.9 Å². The summed E-state index contributed by atoms with van der Waals surface area (Å²) in [5, 5.41) is 9.28. The highest BCUT2D eigenvalue weighted by molar-refractivity contribution is 5.91. The molecule has 1 amide bonds. The number of aliphatic hydroxyl groups excluding tert-OH is 1. The molecular weight excluding hydrogens is 295 g/mol. The Labute approximate surface area is 127 Å². The first-order chi connectivity index (χ1) is 10.2. The zero-order valence-electron chi connectivity index (χ0n) is 12.7. The summed E-state index contributed by atoms with van der Waals surface area (Å²) in [7, 11) is 1.62. The number of carbonyl (C=O) groups is 1. The van der Waals surface area contributed by atoms with E-state index in [-0.39, 0.29) is 5.91 Å². The van der Waals surface area contributed by atoms with Gasteiger partial charge in [-0.1, -0.05) is 18.2 Å². The van der Waals surface area contributed by atoms with Crippen molar-refractivity contribution in [2.24, 2.45) is 0 Å². The number of hydrogen-bond acceptors (Lipinski definition) is 2. The van der Waals surface area contributed by atoms with E-state index in [2.05, 4.69) is 0 Å². The lowest BCUT2D eigenvalue weighted by molar-refractivity contribution is -0.138. The average Bonchev–Trinajstić information content (AvgIpc) is 3.25. The highest BCUT2D eigenvalue weighted by Gasteiger charge is 2.52. The first-order valence-electron chi connectivity index (χ1n) is 7.28.